The van der Waals surface area contributed by atoms with Crippen LogP contribution in [0.1, 0.15) is 194 Å². The van der Waals surface area contributed by atoms with E-state index in [0.717, 1.165) is 25.7 Å². The molecular formula is C40H73NO4. The van der Waals surface area contributed by atoms with Crippen LogP contribution in [0.4, 0.5) is 0 Å². The number of allylic oxidation sites excluding steroid dienone is 4. The number of hydrogen-bond donors (Lipinski definition) is 1. The number of hydrogen-bond acceptors (Lipinski definition) is 5. The minimum Gasteiger partial charge on any atom is -0.457 e. The highest BCUT2D eigenvalue weighted by Crippen LogP contribution is 2.16. The minimum absolute atomic E-state index is 0.167. The van der Waals surface area contributed by atoms with E-state index in [1.807, 2.05) is 0 Å². The van der Waals surface area contributed by atoms with Gasteiger partial charge in [0.15, 0.2) is 12.2 Å². The molecular weight excluding hydrogens is 558 g/mol. The van der Waals surface area contributed by atoms with Gasteiger partial charge in [-0.25, -0.2) is 0 Å². The van der Waals surface area contributed by atoms with Crippen molar-refractivity contribution >= 4 is 11.9 Å². The van der Waals surface area contributed by atoms with Gasteiger partial charge in [0.2, 0.25) is 0 Å². The van der Waals surface area contributed by atoms with Gasteiger partial charge < -0.3 is 14.8 Å². The normalized spacial score (nSPS) is 16.7. The Morgan fingerprint density at radius 2 is 0.756 bits per heavy atom. The minimum atomic E-state index is -0.362. The fraction of sp³-hybridized carbons (Fsp3) is 0.850. The van der Waals surface area contributed by atoms with E-state index in [-0.39, 0.29) is 24.1 Å². The fourth-order valence-corrected chi connectivity index (χ4v) is 6.00. The summed E-state index contributed by atoms with van der Waals surface area (Å²) in [6.45, 7) is 5.65. The highest BCUT2D eigenvalue weighted by molar-refractivity contribution is 5.70. The molecule has 0 aliphatic carbocycles. The molecule has 5 nitrogen and oxygen atoms in total. The van der Waals surface area contributed by atoms with E-state index < -0.39 is 0 Å². The first-order valence-electron chi connectivity index (χ1n) is 19.6. The summed E-state index contributed by atoms with van der Waals surface area (Å²) in [6, 6.07) is 0. The lowest BCUT2D eigenvalue weighted by Gasteiger charge is -2.19. The van der Waals surface area contributed by atoms with Crippen LogP contribution in [0.3, 0.4) is 0 Å². The number of nitrogens with one attached hydrogen (secondary N) is 1. The maximum absolute atomic E-state index is 12.4. The zero-order valence-corrected chi connectivity index (χ0v) is 29.8. The SMILES string of the molecule is CCCCCCCC/C=C\CCCCCCCC(=O)OC1CNC[C@H]1OC(=O)CCCCCCC/C=C\CCCCCCCC. The van der Waals surface area contributed by atoms with Gasteiger partial charge >= 0.3 is 11.9 Å². The third-order valence-corrected chi connectivity index (χ3v) is 8.96. The van der Waals surface area contributed by atoms with Gasteiger partial charge in [0.1, 0.15) is 0 Å². The van der Waals surface area contributed by atoms with Gasteiger partial charge in [0.05, 0.1) is 0 Å². The Kier molecular flexibility index (Phi) is 29.7. The standard InChI is InChI=1S/C40H73NO4/c1-3-5-7-9-11-13-15-17-19-21-23-25-27-29-31-33-39(42)44-37-35-41-36-38(37)45-40(43)34-32-30-28-26-24-22-20-18-16-14-12-10-8-6-4-2/h17-20,37-38,41H,3-16,21-36H2,1-2H3/b19-17-,20-18-/t37-,38?/m1/s1. The van der Waals surface area contributed by atoms with Crippen molar-refractivity contribution in [3.05, 3.63) is 24.3 Å². The molecule has 1 fully saturated rings. The second kappa shape index (κ2) is 32.3. The molecule has 0 bridgehead atoms. The quantitative estimate of drug-likeness (QED) is 0.0454. The molecule has 0 aromatic rings. The Labute approximate surface area is 279 Å². The Morgan fingerprint density at radius 1 is 0.467 bits per heavy atom. The van der Waals surface area contributed by atoms with Crippen molar-refractivity contribution in [2.75, 3.05) is 13.1 Å². The highest BCUT2D eigenvalue weighted by Gasteiger charge is 2.33. The number of ether oxygens (including phenoxy) is 2. The molecule has 262 valence electrons. The van der Waals surface area contributed by atoms with Crippen molar-refractivity contribution in [3.63, 3.8) is 0 Å². The first-order valence-corrected chi connectivity index (χ1v) is 19.6. The third-order valence-electron chi connectivity index (χ3n) is 8.96. The second-order valence-corrected chi connectivity index (χ2v) is 13.4. The molecule has 1 saturated heterocycles. The lowest BCUT2D eigenvalue weighted by molar-refractivity contribution is -0.164. The van der Waals surface area contributed by atoms with Crippen molar-refractivity contribution in [3.8, 4) is 0 Å². The molecule has 0 saturated carbocycles. The number of unbranched alkanes of at least 4 members (excludes halogenated alkanes) is 22. The monoisotopic (exact) mass is 632 g/mol. The van der Waals surface area contributed by atoms with Crippen LogP contribution in [0.5, 0.6) is 0 Å². The van der Waals surface area contributed by atoms with Crippen molar-refractivity contribution < 1.29 is 19.1 Å². The molecule has 1 aliphatic heterocycles. The van der Waals surface area contributed by atoms with Gasteiger partial charge in [0.25, 0.3) is 0 Å². The first-order chi connectivity index (χ1) is 22.2. The average molecular weight is 632 g/mol. The van der Waals surface area contributed by atoms with Gasteiger partial charge in [-0.2, -0.15) is 0 Å². The van der Waals surface area contributed by atoms with Crippen LogP contribution < -0.4 is 5.32 Å². The molecule has 5 heteroatoms. The molecule has 1 N–H and O–H groups in total. The lowest BCUT2D eigenvalue weighted by Crippen LogP contribution is -2.33. The predicted molar refractivity (Wildman–Crippen MR) is 192 cm³/mol. The number of esters is 2. The zero-order chi connectivity index (χ0) is 32.5. The molecule has 1 heterocycles. The topological polar surface area (TPSA) is 64.6 Å². The molecule has 2 atom stereocenters. The van der Waals surface area contributed by atoms with Crippen LogP contribution in [0.15, 0.2) is 24.3 Å². The van der Waals surface area contributed by atoms with Gasteiger partial charge in [-0.1, -0.05) is 141 Å². The van der Waals surface area contributed by atoms with Crippen LogP contribution in [0.25, 0.3) is 0 Å². The summed E-state index contributed by atoms with van der Waals surface area (Å²) in [6.07, 6.45) is 41.8. The van der Waals surface area contributed by atoms with E-state index in [1.165, 1.54) is 141 Å². The highest BCUT2D eigenvalue weighted by atomic mass is 16.6. The van der Waals surface area contributed by atoms with E-state index in [0.29, 0.717) is 25.9 Å². The van der Waals surface area contributed by atoms with E-state index in [4.69, 9.17) is 9.47 Å². The fourth-order valence-electron chi connectivity index (χ4n) is 6.00. The molecule has 1 unspecified atom stereocenters. The van der Waals surface area contributed by atoms with Crippen LogP contribution >= 0.6 is 0 Å². The van der Waals surface area contributed by atoms with E-state index >= 15 is 0 Å². The number of carbonyl (C=O) groups is 2. The van der Waals surface area contributed by atoms with Crippen molar-refractivity contribution in [1.82, 2.24) is 5.32 Å². The van der Waals surface area contributed by atoms with E-state index in [9.17, 15) is 9.59 Å². The van der Waals surface area contributed by atoms with Crippen LogP contribution in [0, 0.1) is 0 Å². The number of rotatable bonds is 32. The van der Waals surface area contributed by atoms with Crippen molar-refractivity contribution in [2.45, 2.75) is 206 Å². The molecule has 0 radical (unpaired) electrons. The van der Waals surface area contributed by atoms with Crippen LogP contribution in [-0.2, 0) is 19.1 Å². The van der Waals surface area contributed by atoms with Gasteiger partial charge in [-0.15, -0.1) is 0 Å². The van der Waals surface area contributed by atoms with E-state index in [2.05, 4.69) is 43.5 Å². The third kappa shape index (κ3) is 27.2. The summed E-state index contributed by atoms with van der Waals surface area (Å²) in [5.41, 5.74) is 0. The molecule has 0 aromatic heterocycles. The Morgan fingerprint density at radius 3 is 1.09 bits per heavy atom. The van der Waals surface area contributed by atoms with Crippen molar-refractivity contribution in [2.24, 2.45) is 0 Å². The molecule has 45 heavy (non-hydrogen) atoms. The largest absolute Gasteiger partial charge is 0.457 e. The zero-order valence-electron chi connectivity index (χ0n) is 29.8. The molecule has 0 aromatic carbocycles. The lowest BCUT2D eigenvalue weighted by atomic mass is 10.1. The summed E-state index contributed by atoms with van der Waals surface area (Å²) in [5, 5.41) is 3.21. The summed E-state index contributed by atoms with van der Waals surface area (Å²) in [5.74, 6) is -0.334. The average Bonchev–Trinajstić information content (AvgIpc) is 3.46. The Balaban J connectivity index is 1.95. The predicted octanol–water partition coefficient (Wildman–Crippen LogP) is 11.5. The molecule has 1 rings (SSSR count). The molecule has 0 spiro atoms. The van der Waals surface area contributed by atoms with Crippen LogP contribution in [-0.4, -0.2) is 37.2 Å². The second-order valence-electron chi connectivity index (χ2n) is 13.4. The maximum Gasteiger partial charge on any atom is 0.306 e. The summed E-state index contributed by atoms with van der Waals surface area (Å²) >= 11 is 0. The maximum atomic E-state index is 12.4. The van der Waals surface area contributed by atoms with Crippen molar-refractivity contribution in [1.29, 1.82) is 0 Å². The van der Waals surface area contributed by atoms with Gasteiger partial charge in [0, 0.05) is 25.9 Å². The van der Waals surface area contributed by atoms with Gasteiger partial charge in [-0.3, -0.25) is 9.59 Å². The van der Waals surface area contributed by atoms with Gasteiger partial charge in [-0.05, 0) is 64.2 Å². The summed E-state index contributed by atoms with van der Waals surface area (Å²) in [4.78, 5) is 24.8. The first kappa shape index (κ1) is 41.4. The molecule has 0 amide bonds. The van der Waals surface area contributed by atoms with E-state index in [1.54, 1.807) is 0 Å². The summed E-state index contributed by atoms with van der Waals surface area (Å²) < 4.78 is 11.4. The molecule has 1 aliphatic rings. The Hall–Kier alpha value is -1.62. The van der Waals surface area contributed by atoms with Crippen LogP contribution in [0.2, 0.25) is 0 Å². The number of carbonyl (C=O) groups excluding carboxylic acids is 2. The Bertz CT molecular complexity index is 674. The smallest absolute Gasteiger partial charge is 0.306 e. The summed E-state index contributed by atoms with van der Waals surface area (Å²) in [7, 11) is 0.